The number of nitrogens with zero attached hydrogens (tertiary/aromatic N) is 2. The summed E-state index contributed by atoms with van der Waals surface area (Å²) in [5.41, 5.74) is 2.38. The Hall–Kier alpha value is -2.12. The first-order chi connectivity index (χ1) is 14.5. The Morgan fingerprint density at radius 1 is 1.10 bits per heavy atom. The molecule has 7 heteroatoms. The minimum absolute atomic E-state index is 0.148. The van der Waals surface area contributed by atoms with Crippen LogP contribution >= 0.6 is 23.1 Å². The number of aromatic nitrogens is 1. The van der Waals surface area contributed by atoms with Crippen LogP contribution in [0.1, 0.15) is 49.8 Å². The molecule has 1 aliphatic heterocycles. The van der Waals surface area contributed by atoms with E-state index < -0.39 is 0 Å². The van der Waals surface area contributed by atoms with Gasteiger partial charge in [-0.25, -0.2) is 4.98 Å². The molecule has 1 amide bonds. The fourth-order valence-electron chi connectivity index (χ4n) is 6.27. The molecule has 154 valence electrons. The molecule has 2 heterocycles. The number of rotatable bonds is 3. The molecular weight excluding hydrogens is 414 g/mol. The average molecular weight is 438 g/mol. The minimum Gasteiger partial charge on any atom is -0.508 e. The molecule has 5 fully saturated rings. The molecule has 5 aliphatic rings. The van der Waals surface area contributed by atoms with E-state index in [9.17, 15) is 9.90 Å². The zero-order valence-electron chi connectivity index (χ0n) is 16.5. The Morgan fingerprint density at radius 3 is 2.43 bits per heavy atom. The lowest BCUT2D eigenvalue weighted by Gasteiger charge is -2.56. The highest BCUT2D eigenvalue weighted by atomic mass is 32.2. The third kappa shape index (κ3) is 3.28. The van der Waals surface area contributed by atoms with E-state index in [2.05, 4.69) is 15.7 Å². The van der Waals surface area contributed by atoms with Gasteiger partial charge >= 0.3 is 0 Å². The highest BCUT2D eigenvalue weighted by Gasteiger charge is 2.52. The maximum atomic E-state index is 12.3. The molecule has 30 heavy (non-hydrogen) atoms. The number of hydrogen-bond donors (Lipinski definition) is 2. The van der Waals surface area contributed by atoms with Gasteiger partial charge in [0.05, 0.1) is 10.6 Å². The molecule has 5 nitrogen and oxygen atoms in total. The van der Waals surface area contributed by atoms with Crippen LogP contribution in [0.2, 0.25) is 0 Å². The number of carbonyl (C=O) groups excluding carboxylic acids is 1. The van der Waals surface area contributed by atoms with Gasteiger partial charge in [-0.05, 0) is 91.8 Å². The van der Waals surface area contributed by atoms with Gasteiger partial charge in [-0.3, -0.25) is 4.79 Å². The lowest BCUT2D eigenvalue weighted by Crippen LogP contribution is -2.48. The largest absolute Gasteiger partial charge is 0.508 e. The number of aromatic hydroxyl groups is 1. The number of amides is 1. The number of phenols is 1. The maximum absolute atomic E-state index is 12.3. The van der Waals surface area contributed by atoms with Crippen LogP contribution < -0.4 is 5.32 Å². The normalized spacial score (nSPS) is 34.8. The second-order valence-corrected chi connectivity index (χ2v) is 11.2. The molecule has 4 saturated carbocycles. The Morgan fingerprint density at radius 2 is 1.77 bits per heavy atom. The average Bonchev–Trinajstić information content (AvgIpc) is 3.30. The third-order valence-corrected chi connectivity index (χ3v) is 8.76. The number of amidine groups is 1. The van der Waals surface area contributed by atoms with Crippen molar-refractivity contribution in [3.8, 4) is 5.75 Å². The number of carbonyl (C=O) groups is 1. The van der Waals surface area contributed by atoms with Crippen molar-refractivity contribution in [3.05, 3.63) is 45.8 Å². The summed E-state index contributed by atoms with van der Waals surface area (Å²) in [5.74, 6) is 2.74. The van der Waals surface area contributed by atoms with Gasteiger partial charge in [-0.15, -0.1) is 11.3 Å². The van der Waals surface area contributed by atoms with Crippen LogP contribution in [-0.4, -0.2) is 21.2 Å². The maximum Gasteiger partial charge on any atom is 0.264 e. The summed E-state index contributed by atoms with van der Waals surface area (Å²) in [4.78, 5) is 22.5. The van der Waals surface area contributed by atoms with E-state index in [1.807, 2.05) is 6.08 Å². The van der Waals surface area contributed by atoms with E-state index >= 15 is 0 Å². The topological polar surface area (TPSA) is 74.6 Å². The Balaban J connectivity index is 1.22. The van der Waals surface area contributed by atoms with Crippen molar-refractivity contribution in [1.29, 1.82) is 0 Å². The number of aliphatic imine (C=N–C) groups is 1. The monoisotopic (exact) mass is 437 g/mol. The first kappa shape index (κ1) is 18.6. The van der Waals surface area contributed by atoms with E-state index in [1.54, 1.807) is 35.6 Å². The lowest BCUT2D eigenvalue weighted by molar-refractivity contribution is -0.115. The molecule has 7 rings (SSSR count). The fourth-order valence-corrected chi connectivity index (χ4v) is 7.97. The molecule has 1 saturated heterocycles. The summed E-state index contributed by atoms with van der Waals surface area (Å²) in [6.07, 6.45) is 9.98. The summed E-state index contributed by atoms with van der Waals surface area (Å²) in [6.45, 7) is 0. The molecule has 0 atom stereocenters. The first-order valence-corrected chi connectivity index (χ1v) is 12.3. The van der Waals surface area contributed by atoms with Gasteiger partial charge in [0.15, 0.2) is 5.17 Å². The summed E-state index contributed by atoms with van der Waals surface area (Å²) < 4.78 is 0. The molecule has 0 radical (unpaired) electrons. The van der Waals surface area contributed by atoms with Crippen LogP contribution in [0.3, 0.4) is 0 Å². The highest BCUT2D eigenvalue weighted by Crippen LogP contribution is 2.60. The van der Waals surface area contributed by atoms with Gasteiger partial charge in [0.1, 0.15) is 5.75 Å². The molecule has 2 aromatic rings. The van der Waals surface area contributed by atoms with Crippen LogP contribution in [0, 0.1) is 17.8 Å². The molecule has 4 bridgehead atoms. The van der Waals surface area contributed by atoms with E-state index in [0.717, 1.165) is 28.4 Å². The summed E-state index contributed by atoms with van der Waals surface area (Å²) >= 11 is 2.92. The van der Waals surface area contributed by atoms with Crippen LogP contribution in [0.5, 0.6) is 5.75 Å². The van der Waals surface area contributed by atoms with Crippen LogP contribution in [0.4, 0.5) is 5.13 Å². The second kappa shape index (κ2) is 6.95. The lowest BCUT2D eigenvalue weighted by atomic mass is 9.49. The first-order valence-electron chi connectivity index (χ1n) is 10.6. The Labute approximate surface area is 183 Å². The number of nitrogens with one attached hydrogen (secondary N) is 1. The smallest absolute Gasteiger partial charge is 0.264 e. The van der Waals surface area contributed by atoms with Crippen molar-refractivity contribution in [2.75, 3.05) is 0 Å². The predicted molar refractivity (Wildman–Crippen MR) is 121 cm³/mol. The number of benzene rings is 1. The molecule has 2 N–H and O–H groups in total. The van der Waals surface area contributed by atoms with Gasteiger partial charge < -0.3 is 10.4 Å². The molecule has 0 unspecified atom stereocenters. The van der Waals surface area contributed by atoms with Crippen molar-refractivity contribution in [3.63, 3.8) is 0 Å². The number of thiazole rings is 1. The van der Waals surface area contributed by atoms with Gasteiger partial charge in [-0.2, -0.15) is 4.99 Å². The third-order valence-electron chi connectivity index (χ3n) is 7.11. The molecule has 4 aliphatic carbocycles. The summed E-state index contributed by atoms with van der Waals surface area (Å²) in [6, 6.07) is 6.79. The van der Waals surface area contributed by atoms with Crippen LogP contribution in [0.15, 0.2) is 39.5 Å². The number of thioether (sulfide) groups is 1. The van der Waals surface area contributed by atoms with Crippen molar-refractivity contribution < 1.29 is 9.90 Å². The zero-order valence-corrected chi connectivity index (χ0v) is 18.1. The standard InChI is InChI=1S/C23H23N3O2S2/c27-17-3-1-13(2-4-17)8-18-20(28)25-22(30-18)26-21-24-19(12-29-21)23-9-14-5-15(10-23)7-16(6-14)11-23/h1-4,8,12,14-16,27H,5-7,9-11H2,(H,24,25,26,28)/b18-8-. The van der Waals surface area contributed by atoms with Gasteiger partial charge in [-0.1, -0.05) is 12.1 Å². The second-order valence-electron chi connectivity index (χ2n) is 9.29. The fraction of sp³-hybridized carbons (Fsp3) is 0.435. The minimum atomic E-state index is -0.148. The summed E-state index contributed by atoms with van der Waals surface area (Å²) in [5, 5.41) is 15.8. The number of hydrogen-bond acceptors (Lipinski definition) is 6. The van der Waals surface area contributed by atoms with E-state index in [-0.39, 0.29) is 17.1 Å². The summed E-state index contributed by atoms with van der Waals surface area (Å²) in [7, 11) is 0. The quantitative estimate of drug-likeness (QED) is 0.647. The van der Waals surface area contributed by atoms with Crippen molar-refractivity contribution in [2.45, 2.75) is 43.9 Å². The number of phenolic OH excluding ortho intramolecular Hbond substituents is 1. The predicted octanol–water partition coefficient (Wildman–Crippen LogP) is 5.21. The zero-order chi connectivity index (χ0) is 20.3. The van der Waals surface area contributed by atoms with Gasteiger partial charge in [0.25, 0.3) is 5.91 Å². The van der Waals surface area contributed by atoms with Crippen molar-refractivity contribution in [2.24, 2.45) is 22.7 Å². The Kier molecular flexibility index (Phi) is 4.32. The van der Waals surface area contributed by atoms with E-state index in [0.29, 0.717) is 10.1 Å². The van der Waals surface area contributed by atoms with E-state index in [4.69, 9.17) is 4.98 Å². The van der Waals surface area contributed by atoms with Gasteiger partial charge in [0.2, 0.25) is 5.13 Å². The van der Waals surface area contributed by atoms with E-state index in [1.165, 1.54) is 56.0 Å². The molecular formula is C23H23N3O2S2. The molecule has 1 aromatic carbocycles. The highest BCUT2D eigenvalue weighted by molar-refractivity contribution is 8.18. The van der Waals surface area contributed by atoms with Crippen molar-refractivity contribution >= 4 is 45.4 Å². The van der Waals surface area contributed by atoms with Crippen LogP contribution in [0.25, 0.3) is 6.08 Å². The van der Waals surface area contributed by atoms with Crippen molar-refractivity contribution in [1.82, 2.24) is 10.3 Å². The Bertz CT molecular complexity index is 1040. The van der Waals surface area contributed by atoms with Gasteiger partial charge in [0, 0.05) is 10.8 Å². The molecule has 1 aromatic heterocycles. The molecule has 0 spiro atoms. The van der Waals surface area contributed by atoms with Crippen LogP contribution in [-0.2, 0) is 10.2 Å². The SMILES string of the molecule is O=C1N/C(=N/c2nc(C34CC5CC(CC(C5)C3)C4)cs2)S/C1=C\c1ccc(O)cc1.